The molecule has 1 fully saturated rings. The van der Waals surface area contributed by atoms with Crippen LogP contribution in [0.4, 0.5) is 17.6 Å². The van der Waals surface area contributed by atoms with E-state index in [2.05, 4.69) is 25.6 Å². The number of rotatable bonds is 4. The SMILES string of the molecule is OC1NN=Cc2c(-c3ccc(C(F)(F)F)cc3F)nc(C3=C[C@H](c4cnn(C5CC5)c4)OCC3)nc21. The van der Waals surface area contributed by atoms with E-state index in [1.807, 2.05) is 17.0 Å². The Balaban J connectivity index is 1.43. The molecule has 1 unspecified atom stereocenters. The van der Waals surface area contributed by atoms with Gasteiger partial charge in [-0.05, 0) is 49.1 Å². The smallest absolute Gasteiger partial charge is 0.369 e. The van der Waals surface area contributed by atoms with Gasteiger partial charge in [-0.15, -0.1) is 0 Å². The topological polar surface area (TPSA) is 97.5 Å². The fraction of sp³-hybridized carbons (Fsp3) is 0.333. The highest BCUT2D eigenvalue weighted by atomic mass is 19.4. The average molecular weight is 500 g/mol. The monoisotopic (exact) mass is 500 g/mol. The number of alkyl halides is 3. The Morgan fingerprint density at radius 2 is 2.00 bits per heavy atom. The molecule has 1 saturated carbocycles. The Kier molecular flexibility index (Phi) is 5.38. The van der Waals surface area contributed by atoms with Gasteiger partial charge in [0, 0.05) is 22.9 Å². The van der Waals surface area contributed by atoms with E-state index >= 15 is 0 Å². The zero-order chi connectivity index (χ0) is 25.0. The molecule has 186 valence electrons. The summed E-state index contributed by atoms with van der Waals surface area (Å²) in [4.78, 5) is 9.03. The number of aliphatic hydroxyl groups is 1. The molecular weight excluding hydrogens is 480 g/mol. The van der Waals surface area contributed by atoms with Gasteiger partial charge in [0.2, 0.25) is 0 Å². The van der Waals surface area contributed by atoms with E-state index in [1.54, 1.807) is 6.20 Å². The van der Waals surface area contributed by atoms with Crippen molar-refractivity contribution in [3.05, 3.63) is 70.7 Å². The molecule has 8 nitrogen and oxygen atoms in total. The van der Waals surface area contributed by atoms with Crippen molar-refractivity contribution in [2.45, 2.75) is 43.8 Å². The summed E-state index contributed by atoms with van der Waals surface area (Å²) < 4.78 is 62.0. The minimum Gasteiger partial charge on any atom is -0.369 e. The van der Waals surface area contributed by atoms with Crippen LogP contribution in [-0.4, -0.2) is 37.7 Å². The number of benzene rings is 1. The van der Waals surface area contributed by atoms with Crippen LogP contribution in [0.2, 0.25) is 0 Å². The van der Waals surface area contributed by atoms with Crippen LogP contribution >= 0.6 is 0 Å². The predicted octanol–water partition coefficient (Wildman–Crippen LogP) is 4.31. The number of hydrogen-bond acceptors (Lipinski definition) is 7. The summed E-state index contributed by atoms with van der Waals surface area (Å²) in [7, 11) is 0. The first-order chi connectivity index (χ1) is 17.3. The third kappa shape index (κ3) is 4.16. The maximum atomic E-state index is 14.9. The van der Waals surface area contributed by atoms with Crippen molar-refractivity contribution < 1.29 is 27.4 Å². The summed E-state index contributed by atoms with van der Waals surface area (Å²) in [5.41, 5.74) is 3.21. The second kappa shape index (κ2) is 8.49. The molecule has 3 aliphatic rings. The van der Waals surface area contributed by atoms with Crippen molar-refractivity contribution in [3.8, 4) is 11.3 Å². The lowest BCUT2D eigenvalue weighted by atomic mass is 9.99. The predicted molar refractivity (Wildman–Crippen MR) is 120 cm³/mol. The van der Waals surface area contributed by atoms with Crippen molar-refractivity contribution in [2.24, 2.45) is 5.10 Å². The maximum Gasteiger partial charge on any atom is 0.416 e. The number of fused-ring (bicyclic) bond motifs is 1. The maximum absolute atomic E-state index is 14.9. The first-order valence-electron chi connectivity index (χ1n) is 11.4. The van der Waals surface area contributed by atoms with Gasteiger partial charge in [-0.3, -0.25) is 10.1 Å². The molecule has 0 bridgehead atoms. The third-order valence-corrected chi connectivity index (χ3v) is 6.36. The molecule has 0 amide bonds. The number of halogens is 4. The van der Waals surface area contributed by atoms with E-state index in [1.165, 1.54) is 6.21 Å². The van der Waals surface area contributed by atoms with Gasteiger partial charge in [0.05, 0.1) is 36.3 Å². The van der Waals surface area contributed by atoms with Crippen molar-refractivity contribution in [2.75, 3.05) is 6.61 Å². The number of hydrazone groups is 1. The number of nitrogens with zero attached hydrogens (tertiary/aromatic N) is 5. The molecule has 2 atom stereocenters. The van der Waals surface area contributed by atoms with Gasteiger partial charge >= 0.3 is 6.18 Å². The van der Waals surface area contributed by atoms with Crippen LogP contribution in [0, 0.1) is 5.82 Å². The lowest BCUT2D eigenvalue weighted by Gasteiger charge is -2.24. The van der Waals surface area contributed by atoms with Gasteiger partial charge in [-0.25, -0.2) is 14.4 Å². The quantitative estimate of drug-likeness (QED) is 0.519. The molecule has 2 N–H and O–H groups in total. The van der Waals surface area contributed by atoms with Crippen LogP contribution < -0.4 is 5.43 Å². The Morgan fingerprint density at radius 1 is 1.17 bits per heavy atom. The van der Waals surface area contributed by atoms with Crippen LogP contribution in [-0.2, 0) is 10.9 Å². The highest BCUT2D eigenvalue weighted by Gasteiger charge is 2.33. The molecule has 3 aromatic rings. The fourth-order valence-corrected chi connectivity index (χ4v) is 4.32. The molecule has 6 rings (SSSR count). The molecule has 0 radical (unpaired) electrons. The van der Waals surface area contributed by atoms with Crippen LogP contribution in [0.5, 0.6) is 0 Å². The Labute approximate surface area is 202 Å². The van der Waals surface area contributed by atoms with Gasteiger partial charge in [-0.2, -0.15) is 23.4 Å². The number of aromatic nitrogens is 4. The molecule has 0 spiro atoms. The normalized spacial score (nSPS) is 21.6. The van der Waals surface area contributed by atoms with Crippen molar-refractivity contribution in [1.82, 2.24) is 25.2 Å². The Bertz CT molecular complexity index is 1400. The Morgan fingerprint density at radius 3 is 2.75 bits per heavy atom. The van der Waals surface area contributed by atoms with Crippen molar-refractivity contribution in [3.63, 3.8) is 0 Å². The van der Waals surface area contributed by atoms with Crippen molar-refractivity contribution in [1.29, 1.82) is 0 Å². The zero-order valence-corrected chi connectivity index (χ0v) is 18.7. The van der Waals surface area contributed by atoms with E-state index in [0.29, 0.717) is 30.7 Å². The summed E-state index contributed by atoms with van der Waals surface area (Å²) in [5.74, 6) is -0.869. The Hall–Kier alpha value is -3.64. The summed E-state index contributed by atoms with van der Waals surface area (Å²) in [6.45, 7) is 0.373. The van der Waals surface area contributed by atoms with E-state index in [0.717, 1.165) is 30.5 Å². The number of aliphatic hydroxyl groups excluding tert-OH is 1. The molecule has 2 aliphatic heterocycles. The van der Waals surface area contributed by atoms with Gasteiger partial charge in [0.1, 0.15) is 17.6 Å². The lowest BCUT2D eigenvalue weighted by molar-refractivity contribution is -0.137. The molecule has 4 heterocycles. The van der Waals surface area contributed by atoms with Crippen LogP contribution in [0.3, 0.4) is 0 Å². The average Bonchev–Trinajstić information content (AvgIpc) is 3.59. The molecule has 0 saturated heterocycles. The van der Waals surface area contributed by atoms with Crippen molar-refractivity contribution >= 4 is 11.8 Å². The minimum atomic E-state index is -4.69. The fourth-order valence-electron chi connectivity index (χ4n) is 4.32. The molecule has 2 aromatic heterocycles. The zero-order valence-electron chi connectivity index (χ0n) is 18.7. The first kappa shape index (κ1) is 22.8. The second-order valence-electron chi connectivity index (χ2n) is 8.90. The summed E-state index contributed by atoms with van der Waals surface area (Å²) in [6, 6.07) is 2.67. The van der Waals surface area contributed by atoms with E-state index in [4.69, 9.17) is 4.74 Å². The number of nitrogens with one attached hydrogen (secondary N) is 1. The molecule has 1 aliphatic carbocycles. The molecular formula is C24H20F4N6O2. The van der Waals surface area contributed by atoms with Crippen LogP contribution in [0.25, 0.3) is 16.8 Å². The van der Waals surface area contributed by atoms with Crippen LogP contribution in [0.1, 0.15) is 65.8 Å². The lowest BCUT2D eigenvalue weighted by Crippen LogP contribution is -2.25. The van der Waals surface area contributed by atoms with Crippen LogP contribution in [0.15, 0.2) is 41.8 Å². The number of ether oxygens (including phenoxy) is 1. The highest BCUT2D eigenvalue weighted by molar-refractivity contribution is 5.91. The summed E-state index contributed by atoms with van der Waals surface area (Å²) >= 11 is 0. The first-order valence-corrected chi connectivity index (χ1v) is 11.4. The summed E-state index contributed by atoms with van der Waals surface area (Å²) in [6.07, 6.45) is 3.14. The molecule has 36 heavy (non-hydrogen) atoms. The van der Waals surface area contributed by atoms with Gasteiger partial charge in [-0.1, -0.05) is 0 Å². The van der Waals surface area contributed by atoms with Gasteiger partial charge in [0.25, 0.3) is 0 Å². The van der Waals surface area contributed by atoms with Gasteiger partial charge < -0.3 is 9.84 Å². The van der Waals surface area contributed by atoms with E-state index in [-0.39, 0.29) is 28.3 Å². The largest absolute Gasteiger partial charge is 0.416 e. The highest BCUT2D eigenvalue weighted by Crippen LogP contribution is 2.38. The molecule has 1 aromatic carbocycles. The molecule has 12 heteroatoms. The van der Waals surface area contributed by atoms with E-state index < -0.39 is 29.9 Å². The standard InChI is InChI=1S/C24H20F4N6O2/c25-18-8-14(24(26,27)28)1-4-16(18)20-17-10-29-33-23(35)21(17)32-22(31-20)12-5-6-36-19(7-12)13-9-30-34(11-13)15-2-3-15/h1,4,7-11,15,19,23,33,35H,2-3,5-6H2/t19-,23?/m1/s1. The van der Waals surface area contributed by atoms with Gasteiger partial charge in [0.15, 0.2) is 12.1 Å². The minimum absolute atomic E-state index is 0.0380. The third-order valence-electron chi connectivity index (χ3n) is 6.36. The second-order valence-corrected chi connectivity index (χ2v) is 8.90. The number of hydrogen-bond donors (Lipinski definition) is 2. The van der Waals surface area contributed by atoms with E-state index in [9.17, 15) is 22.7 Å². The summed E-state index contributed by atoms with van der Waals surface area (Å²) in [5, 5.41) is 18.7.